The SMILES string of the molecule is CC1=CC(c2ccccc2C(F)(F)F)Nn2c(NC(=O)c3cccc(N4CCOCC4)n3)cnc21. The summed E-state index contributed by atoms with van der Waals surface area (Å²) in [6, 6.07) is 9.84. The zero-order chi connectivity index (χ0) is 24.6. The van der Waals surface area contributed by atoms with Crippen LogP contribution < -0.4 is 15.6 Å². The van der Waals surface area contributed by atoms with Crippen LogP contribution in [0.5, 0.6) is 0 Å². The molecule has 1 amide bonds. The van der Waals surface area contributed by atoms with Crippen molar-refractivity contribution in [2.24, 2.45) is 0 Å². The minimum atomic E-state index is -4.50. The lowest BCUT2D eigenvalue weighted by atomic mass is 9.97. The zero-order valence-corrected chi connectivity index (χ0v) is 18.8. The van der Waals surface area contributed by atoms with Crippen molar-refractivity contribution in [3.63, 3.8) is 0 Å². The molecule has 0 bridgehead atoms. The monoisotopic (exact) mass is 484 g/mol. The fraction of sp³-hybridized carbons (Fsp3) is 0.292. The number of nitrogens with zero attached hydrogens (tertiary/aromatic N) is 4. The molecule has 35 heavy (non-hydrogen) atoms. The van der Waals surface area contributed by atoms with Gasteiger partial charge in [-0.25, -0.2) is 14.6 Å². The van der Waals surface area contributed by atoms with E-state index >= 15 is 0 Å². The summed E-state index contributed by atoms with van der Waals surface area (Å²) < 4.78 is 47.7. The second-order valence-electron chi connectivity index (χ2n) is 8.28. The molecule has 0 aliphatic carbocycles. The number of morpholine rings is 1. The summed E-state index contributed by atoms with van der Waals surface area (Å²) in [7, 11) is 0. The second kappa shape index (κ2) is 9.06. The van der Waals surface area contributed by atoms with Gasteiger partial charge in [0.2, 0.25) is 0 Å². The van der Waals surface area contributed by atoms with Crippen molar-refractivity contribution in [1.29, 1.82) is 0 Å². The first kappa shape index (κ1) is 22.9. The van der Waals surface area contributed by atoms with Crippen LogP contribution in [0.15, 0.2) is 54.7 Å². The maximum atomic E-state index is 13.6. The van der Waals surface area contributed by atoms with Gasteiger partial charge in [0, 0.05) is 13.1 Å². The predicted molar refractivity (Wildman–Crippen MR) is 125 cm³/mol. The highest BCUT2D eigenvalue weighted by molar-refractivity contribution is 6.02. The minimum Gasteiger partial charge on any atom is -0.378 e. The van der Waals surface area contributed by atoms with E-state index in [1.807, 2.05) is 11.0 Å². The number of allylic oxidation sites excluding steroid dienone is 1. The van der Waals surface area contributed by atoms with Crippen LogP contribution in [0, 0.1) is 0 Å². The zero-order valence-electron chi connectivity index (χ0n) is 18.8. The Balaban J connectivity index is 1.39. The number of anilines is 2. The molecular formula is C24H23F3N6O2. The summed E-state index contributed by atoms with van der Waals surface area (Å²) in [5, 5.41) is 2.78. The van der Waals surface area contributed by atoms with Crippen molar-refractivity contribution in [2.75, 3.05) is 41.9 Å². The number of carbonyl (C=O) groups excluding carboxylic acids is 1. The van der Waals surface area contributed by atoms with Gasteiger partial charge in [0.25, 0.3) is 5.91 Å². The number of nitrogens with one attached hydrogen (secondary N) is 2. The predicted octanol–water partition coefficient (Wildman–Crippen LogP) is 4.09. The Kier molecular flexibility index (Phi) is 5.93. The lowest BCUT2D eigenvalue weighted by molar-refractivity contribution is -0.138. The molecule has 4 heterocycles. The number of aromatic nitrogens is 3. The van der Waals surface area contributed by atoms with Crippen LogP contribution in [0.4, 0.5) is 24.8 Å². The fourth-order valence-electron chi connectivity index (χ4n) is 4.23. The Bertz CT molecular complexity index is 1280. The summed E-state index contributed by atoms with van der Waals surface area (Å²) >= 11 is 0. The van der Waals surface area contributed by atoms with Crippen molar-refractivity contribution < 1.29 is 22.7 Å². The lowest BCUT2D eigenvalue weighted by Crippen LogP contribution is -2.37. The average molecular weight is 484 g/mol. The summed E-state index contributed by atoms with van der Waals surface area (Å²) in [5.41, 5.74) is 3.30. The summed E-state index contributed by atoms with van der Waals surface area (Å²) in [6.45, 7) is 4.32. The minimum absolute atomic E-state index is 0.0795. The number of halogens is 3. The van der Waals surface area contributed by atoms with Gasteiger partial charge in [0.05, 0.1) is 31.0 Å². The number of amides is 1. The number of imidazole rings is 1. The molecule has 1 saturated heterocycles. The topological polar surface area (TPSA) is 84.3 Å². The van der Waals surface area contributed by atoms with Crippen molar-refractivity contribution in [3.05, 3.63) is 77.4 Å². The van der Waals surface area contributed by atoms with Gasteiger partial charge in [-0.15, -0.1) is 0 Å². The molecule has 11 heteroatoms. The number of alkyl halides is 3. The number of hydrogen-bond donors (Lipinski definition) is 2. The van der Waals surface area contributed by atoms with Crippen LogP contribution >= 0.6 is 0 Å². The molecule has 3 aromatic rings. The Morgan fingerprint density at radius 2 is 1.91 bits per heavy atom. The standard InChI is InChI=1S/C24H23F3N6O2/c1-15-13-19(16-5-2-3-6-17(16)24(25,26)27)31-33-21(14-28-22(15)33)30-23(34)18-7-4-8-20(29-18)32-9-11-35-12-10-32/h2-8,13-14,19,31H,9-12H2,1H3,(H,30,34). The first-order valence-electron chi connectivity index (χ1n) is 11.1. The molecule has 182 valence electrons. The number of benzene rings is 1. The van der Waals surface area contributed by atoms with Crippen molar-refractivity contribution >= 4 is 23.1 Å². The van der Waals surface area contributed by atoms with Crippen LogP contribution in [0.3, 0.4) is 0 Å². The molecule has 0 saturated carbocycles. The first-order chi connectivity index (χ1) is 16.8. The second-order valence-corrected chi connectivity index (χ2v) is 8.28. The van der Waals surface area contributed by atoms with E-state index < -0.39 is 23.7 Å². The maximum absolute atomic E-state index is 13.6. The Morgan fingerprint density at radius 3 is 2.69 bits per heavy atom. The molecule has 2 aliphatic rings. The molecule has 1 atom stereocenters. The van der Waals surface area contributed by atoms with E-state index in [0.29, 0.717) is 49.3 Å². The maximum Gasteiger partial charge on any atom is 0.416 e. The van der Waals surface area contributed by atoms with Crippen LogP contribution in [-0.4, -0.2) is 46.9 Å². The van der Waals surface area contributed by atoms with E-state index in [1.165, 1.54) is 23.0 Å². The van der Waals surface area contributed by atoms with E-state index in [4.69, 9.17) is 4.74 Å². The van der Waals surface area contributed by atoms with Gasteiger partial charge in [-0.1, -0.05) is 24.3 Å². The molecule has 0 spiro atoms. The van der Waals surface area contributed by atoms with Crippen molar-refractivity contribution in [3.8, 4) is 0 Å². The molecule has 8 nitrogen and oxygen atoms in total. The highest BCUT2D eigenvalue weighted by Gasteiger charge is 2.35. The summed E-state index contributed by atoms with van der Waals surface area (Å²) in [5.74, 6) is 1.02. The summed E-state index contributed by atoms with van der Waals surface area (Å²) in [6.07, 6.45) is -1.35. The highest BCUT2D eigenvalue weighted by Crippen LogP contribution is 2.37. The average Bonchev–Trinajstić information content (AvgIpc) is 3.27. The Morgan fingerprint density at radius 1 is 1.14 bits per heavy atom. The van der Waals surface area contributed by atoms with Gasteiger partial charge in [-0.3, -0.25) is 4.79 Å². The van der Waals surface area contributed by atoms with E-state index in [0.717, 1.165) is 6.07 Å². The molecule has 1 aromatic carbocycles. The molecule has 2 aliphatic heterocycles. The number of ether oxygens (including phenoxy) is 1. The quantitative estimate of drug-likeness (QED) is 0.581. The van der Waals surface area contributed by atoms with E-state index in [9.17, 15) is 18.0 Å². The Labute approximate surface area is 199 Å². The molecule has 2 aromatic heterocycles. The number of fused-ring (bicyclic) bond motifs is 1. The lowest BCUT2D eigenvalue weighted by Gasteiger charge is -2.28. The van der Waals surface area contributed by atoms with E-state index in [1.54, 1.807) is 31.2 Å². The normalized spacial score (nSPS) is 17.9. The van der Waals surface area contributed by atoms with E-state index in [2.05, 4.69) is 20.7 Å². The molecule has 0 radical (unpaired) electrons. The van der Waals surface area contributed by atoms with Crippen LogP contribution in [-0.2, 0) is 10.9 Å². The van der Waals surface area contributed by atoms with Crippen molar-refractivity contribution in [1.82, 2.24) is 14.6 Å². The van der Waals surface area contributed by atoms with Gasteiger partial charge in [0.15, 0.2) is 11.6 Å². The fourth-order valence-corrected chi connectivity index (χ4v) is 4.23. The van der Waals surface area contributed by atoms with Crippen LogP contribution in [0.1, 0.15) is 40.4 Å². The van der Waals surface area contributed by atoms with Crippen molar-refractivity contribution in [2.45, 2.75) is 19.1 Å². The van der Waals surface area contributed by atoms with Gasteiger partial charge >= 0.3 is 6.18 Å². The third-order valence-corrected chi connectivity index (χ3v) is 5.94. The van der Waals surface area contributed by atoms with Crippen LogP contribution in [0.25, 0.3) is 5.57 Å². The highest BCUT2D eigenvalue weighted by atomic mass is 19.4. The number of carbonyl (C=O) groups is 1. The summed E-state index contributed by atoms with van der Waals surface area (Å²) in [4.78, 5) is 23.8. The van der Waals surface area contributed by atoms with Crippen LogP contribution in [0.2, 0.25) is 0 Å². The van der Waals surface area contributed by atoms with Gasteiger partial charge in [-0.05, 0) is 42.3 Å². The van der Waals surface area contributed by atoms with Gasteiger partial charge in [-0.2, -0.15) is 13.2 Å². The molecule has 1 fully saturated rings. The molecule has 5 rings (SSSR count). The number of rotatable bonds is 4. The number of pyridine rings is 1. The third kappa shape index (κ3) is 4.59. The third-order valence-electron chi connectivity index (χ3n) is 5.94. The molecule has 2 N–H and O–H groups in total. The first-order valence-corrected chi connectivity index (χ1v) is 11.1. The van der Waals surface area contributed by atoms with E-state index in [-0.39, 0.29) is 11.3 Å². The largest absolute Gasteiger partial charge is 0.416 e. The molecular weight excluding hydrogens is 461 g/mol. The number of hydrogen-bond acceptors (Lipinski definition) is 6. The Hall–Kier alpha value is -3.86. The molecule has 1 unspecified atom stereocenters. The smallest absolute Gasteiger partial charge is 0.378 e. The van der Waals surface area contributed by atoms with Gasteiger partial charge < -0.3 is 20.4 Å². The van der Waals surface area contributed by atoms with Gasteiger partial charge in [0.1, 0.15) is 11.5 Å².